The second-order valence-corrected chi connectivity index (χ2v) is 8.97. The third-order valence-corrected chi connectivity index (χ3v) is 5.98. The molecule has 160 valence electrons. The van der Waals surface area contributed by atoms with Crippen molar-refractivity contribution >= 4 is 11.7 Å². The summed E-state index contributed by atoms with van der Waals surface area (Å²) in [6, 6.07) is 4.52. The number of carbonyl (C=O) groups is 2. The maximum absolute atomic E-state index is 13.1. The number of rotatable bonds is 2. The molecule has 2 aliphatic rings. The number of fused-ring (bicyclic) bond motifs is 1. The van der Waals surface area contributed by atoms with Gasteiger partial charge in [-0.25, -0.2) is 4.68 Å². The quantitative estimate of drug-likeness (QED) is 0.707. The molecule has 0 radical (unpaired) electrons. The number of halogens is 3. The number of alkyl halides is 3. The molecule has 0 spiro atoms. The molecule has 30 heavy (non-hydrogen) atoms. The Bertz CT molecular complexity index is 1010. The van der Waals surface area contributed by atoms with Gasteiger partial charge in [0.2, 0.25) is 5.91 Å². The summed E-state index contributed by atoms with van der Waals surface area (Å²) >= 11 is 0. The molecule has 8 heteroatoms. The summed E-state index contributed by atoms with van der Waals surface area (Å²) in [6.45, 7) is 6.11. The number of ketones is 1. The van der Waals surface area contributed by atoms with E-state index in [9.17, 15) is 22.8 Å². The molecule has 1 aromatic heterocycles. The highest BCUT2D eigenvalue weighted by Crippen LogP contribution is 2.42. The van der Waals surface area contributed by atoms with E-state index in [4.69, 9.17) is 5.10 Å². The van der Waals surface area contributed by atoms with Gasteiger partial charge in [-0.05, 0) is 48.9 Å². The Labute approximate surface area is 172 Å². The van der Waals surface area contributed by atoms with E-state index in [0.717, 1.165) is 18.6 Å². The molecule has 0 unspecified atom stereocenters. The second kappa shape index (κ2) is 6.96. The van der Waals surface area contributed by atoms with Gasteiger partial charge in [-0.1, -0.05) is 13.8 Å². The van der Waals surface area contributed by atoms with Crippen molar-refractivity contribution in [3.63, 3.8) is 0 Å². The van der Waals surface area contributed by atoms with Gasteiger partial charge in [0.1, 0.15) is 0 Å². The van der Waals surface area contributed by atoms with Crippen LogP contribution in [0.5, 0.6) is 0 Å². The van der Waals surface area contributed by atoms with Crippen LogP contribution in [0.25, 0.3) is 5.69 Å². The minimum Gasteiger partial charge on any atom is -0.334 e. The van der Waals surface area contributed by atoms with Crippen LogP contribution < -0.4 is 0 Å². The third kappa shape index (κ3) is 3.52. The van der Waals surface area contributed by atoms with Crippen molar-refractivity contribution in [1.29, 1.82) is 0 Å². The highest BCUT2D eigenvalue weighted by Gasteiger charge is 2.41. The Balaban J connectivity index is 1.86. The van der Waals surface area contributed by atoms with Gasteiger partial charge in [-0.2, -0.15) is 18.3 Å². The van der Waals surface area contributed by atoms with Crippen molar-refractivity contribution in [3.8, 4) is 5.69 Å². The second-order valence-electron chi connectivity index (χ2n) is 8.97. The van der Waals surface area contributed by atoms with Crippen molar-refractivity contribution in [2.45, 2.75) is 58.7 Å². The molecule has 1 aromatic carbocycles. The van der Waals surface area contributed by atoms with Crippen molar-refractivity contribution in [3.05, 3.63) is 46.8 Å². The first kappa shape index (κ1) is 20.6. The molecule has 0 bridgehead atoms. The van der Waals surface area contributed by atoms with Gasteiger partial charge in [0.25, 0.3) is 0 Å². The van der Waals surface area contributed by atoms with E-state index in [1.807, 2.05) is 13.8 Å². The maximum Gasteiger partial charge on any atom is 0.416 e. The van der Waals surface area contributed by atoms with Crippen molar-refractivity contribution in [1.82, 2.24) is 14.7 Å². The molecular formula is C22H24F3N3O2. The van der Waals surface area contributed by atoms with Crippen LogP contribution in [0.3, 0.4) is 0 Å². The van der Waals surface area contributed by atoms with E-state index in [1.54, 1.807) is 9.58 Å². The molecule has 2 heterocycles. The largest absolute Gasteiger partial charge is 0.416 e. The van der Waals surface area contributed by atoms with Crippen LogP contribution in [-0.2, 0) is 17.4 Å². The van der Waals surface area contributed by atoms with Crippen LogP contribution in [0.4, 0.5) is 13.2 Å². The lowest BCUT2D eigenvalue weighted by atomic mass is 9.75. The molecule has 1 fully saturated rings. The van der Waals surface area contributed by atoms with Crippen LogP contribution in [0, 0.1) is 5.41 Å². The Kier molecular flexibility index (Phi) is 4.78. The van der Waals surface area contributed by atoms with E-state index in [1.165, 1.54) is 19.1 Å². The molecule has 1 saturated heterocycles. The van der Waals surface area contributed by atoms with Crippen LogP contribution in [0.1, 0.15) is 73.4 Å². The molecule has 1 atom stereocenters. The number of carbonyl (C=O) groups excluding carboxylic acids is 2. The Hall–Kier alpha value is -2.64. The standard InChI is InChI=1S/C22H24F3N3O2/c1-13(29)27-10-4-5-16(27)20-19-17(11-21(2,3)12-18(19)30)28(26-20)15-8-6-14(7-9-15)22(23,24)25/h6-9,16H,4-5,10-12H2,1-3H3/t16-/m0/s1. The number of benzene rings is 1. The summed E-state index contributed by atoms with van der Waals surface area (Å²) in [5, 5.41) is 4.71. The average molecular weight is 419 g/mol. The Morgan fingerprint density at radius 3 is 2.43 bits per heavy atom. The zero-order valence-corrected chi connectivity index (χ0v) is 17.2. The van der Waals surface area contributed by atoms with Crippen molar-refractivity contribution in [2.24, 2.45) is 5.41 Å². The number of amides is 1. The van der Waals surface area contributed by atoms with E-state index in [2.05, 4.69) is 0 Å². The van der Waals surface area contributed by atoms with E-state index < -0.39 is 11.7 Å². The maximum atomic E-state index is 13.1. The lowest BCUT2D eigenvalue weighted by molar-refractivity contribution is -0.137. The van der Waals surface area contributed by atoms with E-state index in [0.29, 0.717) is 48.4 Å². The van der Waals surface area contributed by atoms with Crippen molar-refractivity contribution < 1.29 is 22.8 Å². The fourth-order valence-corrected chi connectivity index (χ4v) is 4.64. The van der Waals surface area contributed by atoms with Crippen molar-refractivity contribution in [2.75, 3.05) is 6.54 Å². The lowest BCUT2D eigenvalue weighted by Gasteiger charge is -2.30. The van der Waals surface area contributed by atoms with Gasteiger partial charge in [-0.15, -0.1) is 0 Å². The van der Waals surface area contributed by atoms with E-state index >= 15 is 0 Å². The van der Waals surface area contributed by atoms with Crippen LogP contribution in [0.2, 0.25) is 0 Å². The smallest absolute Gasteiger partial charge is 0.334 e. The molecule has 4 rings (SSSR count). The third-order valence-electron chi connectivity index (χ3n) is 5.98. The first-order valence-corrected chi connectivity index (χ1v) is 10.1. The molecule has 1 aliphatic heterocycles. The molecule has 5 nitrogen and oxygen atoms in total. The number of hydrogen-bond acceptors (Lipinski definition) is 3. The molecule has 1 amide bonds. The topological polar surface area (TPSA) is 55.2 Å². The summed E-state index contributed by atoms with van der Waals surface area (Å²) in [5.41, 5.74) is 1.28. The van der Waals surface area contributed by atoms with Gasteiger partial charge < -0.3 is 4.90 Å². The number of hydrogen-bond donors (Lipinski definition) is 0. The number of nitrogens with zero attached hydrogens (tertiary/aromatic N) is 3. The highest BCUT2D eigenvalue weighted by atomic mass is 19.4. The number of Topliss-reactive ketones (excluding diaryl/α,β-unsaturated/α-hetero) is 1. The fourth-order valence-electron chi connectivity index (χ4n) is 4.64. The summed E-state index contributed by atoms with van der Waals surface area (Å²) < 4.78 is 40.5. The minimum absolute atomic E-state index is 0.0233. The van der Waals surface area contributed by atoms with Crippen LogP contribution in [-0.4, -0.2) is 32.9 Å². The first-order chi connectivity index (χ1) is 14.0. The fraction of sp³-hybridized carbons (Fsp3) is 0.500. The van der Waals surface area contributed by atoms with Gasteiger partial charge in [-0.3, -0.25) is 9.59 Å². The predicted octanol–water partition coefficient (Wildman–Crippen LogP) is 4.73. The molecule has 1 aliphatic carbocycles. The summed E-state index contributed by atoms with van der Waals surface area (Å²) in [7, 11) is 0. The molecular weight excluding hydrogens is 395 g/mol. The van der Waals surface area contributed by atoms with Crippen LogP contribution >= 0.6 is 0 Å². The lowest BCUT2D eigenvalue weighted by Crippen LogP contribution is -2.31. The zero-order chi connectivity index (χ0) is 21.8. The molecule has 2 aromatic rings. The average Bonchev–Trinajstić information content (AvgIpc) is 3.24. The normalized spacial score (nSPS) is 21.1. The first-order valence-electron chi connectivity index (χ1n) is 10.1. The van der Waals surface area contributed by atoms with Gasteiger partial charge in [0, 0.05) is 19.9 Å². The summed E-state index contributed by atoms with van der Waals surface area (Å²) in [4.78, 5) is 26.9. The molecule has 0 N–H and O–H groups in total. The number of aromatic nitrogens is 2. The van der Waals surface area contributed by atoms with Gasteiger partial charge in [0.05, 0.1) is 34.2 Å². The monoisotopic (exact) mass is 419 g/mol. The SMILES string of the molecule is CC(=O)N1CCC[C@H]1c1nn(-c2ccc(C(F)(F)F)cc2)c2c1C(=O)CC(C)(C)C2. The zero-order valence-electron chi connectivity index (χ0n) is 17.2. The predicted molar refractivity (Wildman–Crippen MR) is 104 cm³/mol. The van der Waals surface area contributed by atoms with Gasteiger partial charge >= 0.3 is 6.18 Å². The van der Waals surface area contributed by atoms with E-state index in [-0.39, 0.29) is 23.1 Å². The highest BCUT2D eigenvalue weighted by molar-refractivity contribution is 6.00. The summed E-state index contributed by atoms with van der Waals surface area (Å²) in [6.07, 6.45) is -1.93. The van der Waals surface area contributed by atoms with Gasteiger partial charge in [0.15, 0.2) is 5.78 Å². The summed E-state index contributed by atoms with van der Waals surface area (Å²) in [5.74, 6) is -0.0938. The Morgan fingerprint density at radius 1 is 1.17 bits per heavy atom. The van der Waals surface area contributed by atoms with Crippen LogP contribution in [0.15, 0.2) is 24.3 Å². The number of likely N-dealkylation sites (tertiary alicyclic amines) is 1. The minimum atomic E-state index is -4.42. The Morgan fingerprint density at radius 2 is 1.83 bits per heavy atom. The molecule has 0 saturated carbocycles.